The summed E-state index contributed by atoms with van der Waals surface area (Å²) in [4.78, 5) is 14.3. The Morgan fingerprint density at radius 1 is 1.32 bits per heavy atom. The summed E-state index contributed by atoms with van der Waals surface area (Å²) in [5, 5.41) is 3.00. The number of nitrogens with zero attached hydrogens (tertiary/aromatic N) is 1. The van der Waals surface area contributed by atoms with Gasteiger partial charge in [0.15, 0.2) is 0 Å². The molecule has 0 saturated carbocycles. The number of likely N-dealkylation sites (tertiary alicyclic amines) is 1. The van der Waals surface area contributed by atoms with Crippen molar-refractivity contribution in [2.75, 3.05) is 31.9 Å². The van der Waals surface area contributed by atoms with E-state index in [-0.39, 0.29) is 30.7 Å². The van der Waals surface area contributed by atoms with Gasteiger partial charge in [-0.05, 0) is 43.0 Å². The maximum atomic E-state index is 11.8. The van der Waals surface area contributed by atoms with Crippen LogP contribution in [0.25, 0.3) is 0 Å². The first-order chi connectivity index (χ1) is 9.63. The van der Waals surface area contributed by atoms with Crippen molar-refractivity contribution in [3.05, 3.63) is 29.8 Å². The van der Waals surface area contributed by atoms with Gasteiger partial charge in [-0.15, -0.1) is 24.8 Å². The van der Waals surface area contributed by atoms with Crippen molar-refractivity contribution in [3.63, 3.8) is 0 Å². The number of piperidine rings is 1. The smallest absolute Gasteiger partial charge is 0.224 e. The average molecular weight is 348 g/mol. The Balaban J connectivity index is 0.00000220. The number of carbonyl (C=O) groups excluding carboxylic acids is 1. The van der Waals surface area contributed by atoms with Crippen LogP contribution in [0.15, 0.2) is 24.3 Å². The van der Waals surface area contributed by atoms with Crippen molar-refractivity contribution < 1.29 is 4.79 Å². The second kappa shape index (κ2) is 10.7. The lowest BCUT2D eigenvalue weighted by Crippen LogP contribution is -2.40. The molecule has 1 saturated heterocycles. The van der Waals surface area contributed by atoms with E-state index in [0.717, 1.165) is 43.3 Å². The molecular formula is C16H27Cl2N3O. The van der Waals surface area contributed by atoms with E-state index >= 15 is 0 Å². The molecule has 0 aromatic heterocycles. The highest BCUT2D eigenvalue weighted by Gasteiger charge is 2.15. The van der Waals surface area contributed by atoms with Gasteiger partial charge in [0, 0.05) is 25.3 Å². The number of nitrogen functional groups attached to an aromatic ring is 1. The molecule has 1 aromatic rings. The fourth-order valence-corrected chi connectivity index (χ4v) is 2.73. The minimum absolute atomic E-state index is 0. The molecule has 1 amide bonds. The monoisotopic (exact) mass is 347 g/mol. The van der Waals surface area contributed by atoms with Crippen LogP contribution in [0, 0.1) is 5.92 Å². The van der Waals surface area contributed by atoms with Gasteiger partial charge in [0.1, 0.15) is 0 Å². The Morgan fingerprint density at radius 3 is 2.64 bits per heavy atom. The zero-order valence-corrected chi connectivity index (χ0v) is 14.7. The minimum Gasteiger partial charge on any atom is -0.399 e. The van der Waals surface area contributed by atoms with Crippen LogP contribution in [-0.4, -0.2) is 37.0 Å². The summed E-state index contributed by atoms with van der Waals surface area (Å²) >= 11 is 0. The van der Waals surface area contributed by atoms with Gasteiger partial charge in [0.2, 0.25) is 5.91 Å². The summed E-state index contributed by atoms with van der Waals surface area (Å²) in [5.74, 6) is 0.869. The molecule has 1 fully saturated rings. The average Bonchev–Trinajstić information content (AvgIpc) is 2.41. The molecule has 0 radical (unpaired) electrons. The lowest BCUT2D eigenvalue weighted by atomic mass is 10.0. The number of carbonyl (C=O) groups is 1. The van der Waals surface area contributed by atoms with Crippen LogP contribution >= 0.6 is 24.8 Å². The van der Waals surface area contributed by atoms with Gasteiger partial charge >= 0.3 is 0 Å². The third-order valence-electron chi connectivity index (χ3n) is 3.84. The van der Waals surface area contributed by atoms with Crippen LogP contribution in [0.5, 0.6) is 0 Å². The third kappa shape index (κ3) is 7.34. The van der Waals surface area contributed by atoms with Crippen molar-refractivity contribution in [2.45, 2.75) is 26.2 Å². The van der Waals surface area contributed by atoms with Crippen molar-refractivity contribution in [1.29, 1.82) is 0 Å². The molecule has 0 aliphatic carbocycles. The molecule has 4 nitrogen and oxygen atoms in total. The second-order valence-electron chi connectivity index (χ2n) is 5.82. The summed E-state index contributed by atoms with van der Waals surface area (Å²) in [6, 6.07) is 7.47. The number of amides is 1. The van der Waals surface area contributed by atoms with E-state index in [0.29, 0.717) is 6.42 Å². The van der Waals surface area contributed by atoms with Crippen molar-refractivity contribution in [2.24, 2.45) is 5.92 Å². The standard InChI is InChI=1S/C16H25N3O.2ClH/c1-13-3-2-9-19(12-13)10-8-18-16(20)11-14-4-6-15(17)7-5-14;;/h4-7,13H,2-3,8-12,17H2,1H3,(H,18,20);2*1H. The van der Waals surface area contributed by atoms with Gasteiger partial charge in [-0.1, -0.05) is 19.1 Å². The minimum atomic E-state index is 0. The van der Waals surface area contributed by atoms with E-state index < -0.39 is 0 Å². The lowest BCUT2D eigenvalue weighted by molar-refractivity contribution is -0.120. The van der Waals surface area contributed by atoms with Crippen LogP contribution in [0.3, 0.4) is 0 Å². The third-order valence-corrected chi connectivity index (χ3v) is 3.84. The number of hydrogen-bond donors (Lipinski definition) is 2. The Morgan fingerprint density at radius 2 is 2.00 bits per heavy atom. The molecule has 0 spiro atoms. The summed E-state index contributed by atoms with van der Waals surface area (Å²) in [6.07, 6.45) is 3.04. The van der Waals surface area contributed by atoms with E-state index in [1.807, 2.05) is 24.3 Å². The first-order valence-corrected chi connectivity index (χ1v) is 7.47. The molecule has 6 heteroatoms. The number of benzene rings is 1. The molecule has 3 N–H and O–H groups in total. The Labute approximate surface area is 145 Å². The van der Waals surface area contributed by atoms with E-state index in [1.165, 1.54) is 12.8 Å². The topological polar surface area (TPSA) is 58.4 Å². The summed E-state index contributed by atoms with van der Waals surface area (Å²) < 4.78 is 0. The number of hydrogen-bond acceptors (Lipinski definition) is 3. The molecule has 1 unspecified atom stereocenters. The van der Waals surface area contributed by atoms with Crippen LogP contribution in [0.2, 0.25) is 0 Å². The first kappa shape index (κ1) is 21.0. The van der Waals surface area contributed by atoms with Gasteiger partial charge in [-0.25, -0.2) is 0 Å². The highest BCUT2D eigenvalue weighted by Crippen LogP contribution is 2.14. The number of nitrogens with one attached hydrogen (secondary N) is 1. The largest absolute Gasteiger partial charge is 0.399 e. The van der Waals surface area contributed by atoms with Crippen LogP contribution in [-0.2, 0) is 11.2 Å². The molecular weight excluding hydrogens is 321 g/mol. The van der Waals surface area contributed by atoms with Crippen molar-refractivity contribution in [3.8, 4) is 0 Å². The van der Waals surface area contributed by atoms with Gasteiger partial charge in [-0.2, -0.15) is 0 Å². The maximum absolute atomic E-state index is 11.8. The number of rotatable bonds is 5. The van der Waals surface area contributed by atoms with Crippen LogP contribution < -0.4 is 11.1 Å². The molecule has 1 atom stereocenters. The fraction of sp³-hybridized carbons (Fsp3) is 0.562. The summed E-state index contributed by atoms with van der Waals surface area (Å²) in [6.45, 7) is 6.32. The molecule has 1 aliphatic rings. The SMILES string of the molecule is CC1CCCN(CCNC(=O)Cc2ccc(N)cc2)C1.Cl.Cl. The molecule has 22 heavy (non-hydrogen) atoms. The Bertz CT molecular complexity index is 440. The van der Waals surface area contributed by atoms with Gasteiger partial charge < -0.3 is 16.0 Å². The highest BCUT2D eigenvalue weighted by molar-refractivity contribution is 5.85. The number of halogens is 2. The Hall–Kier alpha value is -0.970. The van der Waals surface area contributed by atoms with Crippen LogP contribution in [0.4, 0.5) is 5.69 Å². The van der Waals surface area contributed by atoms with Crippen LogP contribution in [0.1, 0.15) is 25.3 Å². The van der Waals surface area contributed by atoms with Gasteiger partial charge in [0.25, 0.3) is 0 Å². The molecule has 2 rings (SSSR count). The van der Waals surface area contributed by atoms with E-state index in [2.05, 4.69) is 17.1 Å². The summed E-state index contributed by atoms with van der Waals surface area (Å²) in [5.41, 5.74) is 7.36. The lowest BCUT2D eigenvalue weighted by Gasteiger charge is -2.30. The van der Waals surface area contributed by atoms with Gasteiger partial charge in [0.05, 0.1) is 6.42 Å². The summed E-state index contributed by atoms with van der Waals surface area (Å²) in [7, 11) is 0. The molecule has 1 aromatic carbocycles. The zero-order chi connectivity index (χ0) is 14.4. The number of nitrogens with two attached hydrogens (primary N) is 1. The predicted octanol–water partition coefficient (Wildman–Crippen LogP) is 2.50. The molecule has 126 valence electrons. The fourth-order valence-electron chi connectivity index (χ4n) is 2.73. The molecule has 1 heterocycles. The normalized spacial score (nSPS) is 18.0. The molecule has 0 bridgehead atoms. The quantitative estimate of drug-likeness (QED) is 0.804. The van der Waals surface area contributed by atoms with Crippen molar-refractivity contribution in [1.82, 2.24) is 10.2 Å². The molecule has 1 aliphatic heterocycles. The first-order valence-electron chi connectivity index (χ1n) is 7.47. The highest BCUT2D eigenvalue weighted by atomic mass is 35.5. The van der Waals surface area contributed by atoms with Crippen molar-refractivity contribution >= 4 is 36.4 Å². The van der Waals surface area contributed by atoms with E-state index in [1.54, 1.807) is 0 Å². The maximum Gasteiger partial charge on any atom is 0.224 e. The number of anilines is 1. The Kier molecular flexibility index (Phi) is 10.2. The zero-order valence-electron chi connectivity index (χ0n) is 13.1. The van der Waals surface area contributed by atoms with Gasteiger partial charge in [-0.3, -0.25) is 4.79 Å². The van der Waals surface area contributed by atoms with E-state index in [9.17, 15) is 4.79 Å². The second-order valence-corrected chi connectivity index (χ2v) is 5.82. The van der Waals surface area contributed by atoms with E-state index in [4.69, 9.17) is 5.73 Å². The predicted molar refractivity (Wildman–Crippen MR) is 96.9 cm³/mol.